The molecule has 158 valence electrons. The van der Waals surface area contributed by atoms with E-state index < -0.39 is 0 Å². The highest BCUT2D eigenvalue weighted by atomic mass is 32.1. The van der Waals surface area contributed by atoms with Crippen molar-refractivity contribution in [2.24, 2.45) is 0 Å². The van der Waals surface area contributed by atoms with Gasteiger partial charge in [-0.3, -0.25) is 19.1 Å². The molecule has 0 unspecified atom stereocenters. The topological polar surface area (TPSA) is 67.2 Å². The fourth-order valence-corrected chi connectivity index (χ4v) is 5.39. The standard InChI is InChI=1S/C23H28N4O2S/c1-3-19-16(2)30-22-21(19)23(29)27(15-25-22)18-10-7-11-26(13-18)14-20(28)24-12-17-8-5-4-6-9-17/h4-6,8-9,15,18H,3,7,10-14H2,1-2H3,(H,24,28)/t18-/m0/s1. The molecule has 6 nitrogen and oxygen atoms in total. The number of rotatable bonds is 6. The number of carbonyl (C=O) groups excluding carboxylic acids is 1. The maximum absolute atomic E-state index is 13.2. The number of thiophene rings is 1. The van der Waals surface area contributed by atoms with E-state index in [4.69, 9.17) is 0 Å². The van der Waals surface area contributed by atoms with Crippen LogP contribution in [0.3, 0.4) is 0 Å². The van der Waals surface area contributed by atoms with Crippen LogP contribution >= 0.6 is 11.3 Å². The summed E-state index contributed by atoms with van der Waals surface area (Å²) in [5.41, 5.74) is 2.27. The van der Waals surface area contributed by atoms with E-state index in [2.05, 4.69) is 29.0 Å². The molecular formula is C23H28N4O2S. The summed E-state index contributed by atoms with van der Waals surface area (Å²) in [6, 6.07) is 9.97. The van der Waals surface area contributed by atoms with E-state index >= 15 is 0 Å². The van der Waals surface area contributed by atoms with Crippen LogP contribution in [0, 0.1) is 6.92 Å². The van der Waals surface area contributed by atoms with Crippen LogP contribution in [-0.4, -0.2) is 40.0 Å². The molecule has 0 saturated carbocycles. The summed E-state index contributed by atoms with van der Waals surface area (Å²) >= 11 is 1.60. The molecule has 0 radical (unpaired) electrons. The summed E-state index contributed by atoms with van der Waals surface area (Å²) in [6.07, 6.45) is 4.43. The van der Waals surface area contributed by atoms with Crippen molar-refractivity contribution in [2.45, 2.75) is 45.7 Å². The lowest BCUT2D eigenvalue weighted by molar-refractivity contribution is -0.122. The lowest BCUT2D eigenvalue weighted by Crippen LogP contribution is -2.44. The van der Waals surface area contributed by atoms with E-state index in [0.717, 1.165) is 47.2 Å². The van der Waals surface area contributed by atoms with Crippen molar-refractivity contribution in [3.63, 3.8) is 0 Å². The Hall–Kier alpha value is -2.51. The average molecular weight is 425 g/mol. The third kappa shape index (κ3) is 4.32. The van der Waals surface area contributed by atoms with E-state index in [1.807, 2.05) is 30.3 Å². The molecule has 2 aromatic heterocycles. The average Bonchev–Trinajstić information content (AvgIpc) is 3.09. The molecule has 1 aromatic carbocycles. The van der Waals surface area contributed by atoms with Gasteiger partial charge in [0.25, 0.3) is 5.56 Å². The number of nitrogens with zero attached hydrogens (tertiary/aromatic N) is 3. The highest BCUT2D eigenvalue weighted by Gasteiger charge is 2.25. The van der Waals surface area contributed by atoms with Crippen LogP contribution in [0.25, 0.3) is 10.2 Å². The van der Waals surface area contributed by atoms with Gasteiger partial charge < -0.3 is 5.32 Å². The largest absolute Gasteiger partial charge is 0.351 e. The molecule has 0 spiro atoms. The van der Waals surface area contributed by atoms with Crippen LogP contribution in [0.5, 0.6) is 0 Å². The summed E-state index contributed by atoms with van der Waals surface area (Å²) in [4.78, 5) is 34.4. The van der Waals surface area contributed by atoms with Crippen LogP contribution in [-0.2, 0) is 17.8 Å². The van der Waals surface area contributed by atoms with Crippen molar-refractivity contribution >= 4 is 27.5 Å². The molecule has 0 aliphatic carbocycles. The van der Waals surface area contributed by atoms with Crippen molar-refractivity contribution in [3.8, 4) is 0 Å². The number of likely N-dealkylation sites (tertiary alicyclic amines) is 1. The molecule has 3 heterocycles. The minimum absolute atomic E-state index is 0.0159. The zero-order valence-corrected chi connectivity index (χ0v) is 18.4. The number of amides is 1. The predicted molar refractivity (Wildman–Crippen MR) is 121 cm³/mol. The Bertz CT molecular complexity index is 1090. The third-order valence-corrected chi connectivity index (χ3v) is 6.92. The summed E-state index contributed by atoms with van der Waals surface area (Å²) in [5, 5.41) is 3.77. The summed E-state index contributed by atoms with van der Waals surface area (Å²) < 4.78 is 1.79. The van der Waals surface area contributed by atoms with Gasteiger partial charge in [-0.1, -0.05) is 37.3 Å². The monoisotopic (exact) mass is 424 g/mol. The number of aromatic nitrogens is 2. The first-order valence-corrected chi connectivity index (χ1v) is 11.4. The van der Waals surface area contributed by atoms with Crippen molar-refractivity contribution < 1.29 is 4.79 Å². The Labute approximate surface area is 180 Å². The normalized spacial score (nSPS) is 17.3. The zero-order valence-electron chi connectivity index (χ0n) is 17.6. The lowest BCUT2D eigenvalue weighted by Gasteiger charge is -2.33. The van der Waals surface area contributed by atoms with Crippen LogP contribution < -0.4 is 10.9 Å². The minimum atomic E-state index is 0.0159. The third-order valence-electron chi connectivity index (χ3n) is 5.87. The fraction of sp³-hybridized carbons (Fsp3) is 0.435. The molecule has 3 aromatic rings. The Morgan fingerprint density at radius 3 is 2.87 bits per heavy atom. The number of benzene rings is 1. The number of nitrogens with one attached hydrogen (secondary N) is 1. The number of fused-ring (bicyclic) bond motifs is 1. The van der Waals surface area contributed by atoms with Crippen LogP contribution in [0.1, 0.15) is 41.8 Å². The molecule has 7 heteroatoms. The van der Waals surface area contributed by atoms with Gasteiger partial charge in [0, 0.05) is 18.0 Å². The first-order chi connectivity index (χ1) is 14.6. The highest BCUT2D eigenvalue weighted by molar-refractivity contribution is 7.18. The van der Waals surface area contributed by atoms with E-state index in [1.165, 1.54) is 4.88 Å². The first kappa shape index (κ1) is 20.8. The summed E-state index contributed by atoms with van der Waals surface area (Å²) in [7, 11) is 0. The molecule has 4 rings (SSSR count). The van der Waals surface area contributed by atoms with E-state index in [-0.39, 0.29) is 17.5 Å². The Kier molecular flexibility index (Phi) is 6.29. The fourth-order valence-electron chi connectivity index (χ4n) is 4.31. The van der Waals surface area contributed by atoms with E-state index in [9.17, 15) is 9.59 Å². The second-order valence-electron chi connectivity index (χ2n) is 7.92. The SMILES string of the molecule is CCc1c(C)sc2ncn([C@H]3CCCN(CC(=O)NCc4ccccc4)C3)c(=O)c12. The molecule has 1 N–H and O–H groups in total. The van der Waals surface area contributed by atoms with E-state index in [1.54, 1.807) is 22.2 Å². The number of piperidine rings is 1. The van der Waals surface area contributed by atoms with Gasteiger partial charge in [0.2, 0.25) is 5.91 Å². The van der Waals surface area contributed by atoms with Crippen molar-refractivity contribution in [2.75, 3.05) is 19.6 Å². The maximum Gasteiger partial charge on any atom is 0.262 e. The van der Waals surface area contributed by atoms with Gasteiger partial charge in [-0.15, -0.1) is 11.3 Å². The van der Waals surface area contributed by atoms with Crippen LogP contribution in [0.15, 0.2) is 41.5 Å². The molecule has 1 saturated heterocycles. The summed E-state index contributed by atoms with van der Waals surface area (Å²) in [6.45, 7) is 6.60. The van der Waals surface area contributed by atoms with Gasteiger partial charge in [-0.05, 0) is 43.9 Å². The molecule has 1 aliphatic heterocycles. The van der Waals surface area contributed by atoms with Gasteiger partial charge in [-0.25, -0.2) is 4.98 Å². The molecule has 1 aliphatic rings. The minimum Gasteiger partial charge on any atom is -0.351 e. The summed E-state index contributed by atoms with van der Waals surface area (Å²) in [5.74, 6) is 0.0159. The molecular weight excluding hydrogens is 396 g/mol. The smallest absolute Gasteiger partial charge is 0.262 e. The predicted octanol–water partition coefficient (Wildman–Crippen LogP) is 3.28. The first-order valence-electron chi connectivity index (χ1n) is 10.6. The molecule has 0 bridgehead atoms. The molecule has 30 heavy (non-hydrogen) atoms. The molecule has 1 atom stereocenters. The zero-order chi connectivity index (χ0) is 21.1. The number of aryl methyl sites for hydroxylation is 2. The quantitative estimate of drug-likeness (QED) is 0.659. The van der Waals surface area contributed by atoms with Crippen LogP contribution in [0.4, 0.5) is 0 Å². The van der Waals surface area contributed by atoms with Crippen LogP contribution in [0.2, 0.25) is 0 Å². The number of carbonyl (C=O) groups is 1. The van der Waals surface area contributed by atoms with Crippen molar-refractivity contribution in [1.29, 1.82) is 0 Å². The van der Waals surface area contributed by atoms with Gasteiger partial charge in [-0.2, -0.15) is 0 Å². The Balaban J connectivity index is 1.44. The lowest BCUT2D eigenvalue weighted by atomic mass is 10.0. The second-order valence-corrected chi connectivity index (χ2v) is 9.12. The van der Waals surface area contributed by atoms with Gasteiger partial charge in [0.05, 0.1) is 24.3 Å². The molecule has 1 amide bonds. The second kappa shape index (κ2) is 9.10. The van der Waals surface area contributed by atoms with Gasteiger partial charge in [0.1, 0.15) is 4.83 Å². The Morgan fingerprint density at radius 1 is 1.30 bits per heavy atom. The van der Waals surface area contributed by atoms with Gasteiger partial charge >= 0.3 is 0 Å². The number of hydrogen-bond donors (Lipinski definition) is 1. The van der Waals surface area contributed by atoms with Crippen molar-refractivity contribution in [3.05, 3.63) is 63.0 Å². The van der Waals surface area contributed by atoms with Crippen molar-refractivity contribution in [1.82, 2.24) is 19.8 Å². The maximum atomic E-state index is 13.2. The Morgan fingerprint density at radius 2 is 2.10 bits per heavy atom. The van der Waals surface area contributed by atoms with Gasteiger partial charge in [0.15, 0.2) is 0 Å². The number of hydrogen-bond acceptors (Lipinski definition) is 5. The highest BCUT2D eigenvalue weighted by Crippen LogP contribution is 2.28. The van der Waals surface area contributed by atoms with E-state index in [0.29, 0.717) is 19.6 Å². The molecule has 1 fully saturated rings.